The smallest absolute Gasteiger partial charge is 0.327 e. The zero-order valence-corrected chi connectivity index (χ0v) is 26.7. The third-order valence-corrected chi connectivity index (χ3v) is 6.29. The number of ether oxygens (including phenoxy) is 2. The van der Waals surface area contributed by atoms with Crippen molar-refractivity contribution in [1.29, 1.82) is 5.26 Å². The molecule has 2 aromatic carbocycles. The molecule has 4 rings (SSSR count). The van der Waals surface area contributed by atoms with E-state index in [-0.39, 0.29) is 12.5 Å². The van der Waals surface area contributed by atoms with Gasteiger partial charge in [0.25, 0.3) is 0 Å². The second kappa shape index (κ2) is 17.8. The van der Waals surface area contributed by atoms with Crippen LogP contribution in [-0.2, 0) is 16.2 Å². The first kappa shape index (κ1) is 35.0. The number of carboxylic acid groups (broad SMARTS) is 1. The van der Waals surface area contributed by atoms with Crippen LogP contribution in [0.15, 0.2) is 85.2 Å². The monoisotopic (exact) mass is 642 g/mol. The van der Waals surface area contributed by atoms with Crippen LogP contribution in [0.2, 0.25) is 5.02 Å². The highest BCUT2D eigenvalue weighted by Crippen LogP contribution is 2.37. The average Bonchev–Trinajstić information content (AvgIpc) is 3.02. The first-order valence-corrected chi connectivity index (χ1v) is 14.6. The highest BCUT2D eigenvalue weighted by molar-refractivity contribution is 6.32. The number of amides is 1. The molecule has 2 heterocycles. The summed E-state index contributed by atoms with van der Waals surface area (Å²) in [6.45, 7) is 4.83. The summed E-state index contributed by atoms with van der Waals surface area (Å²) in [5, 5.41) is 24.9. The summed E-state index contributed by atoms with van der Waals surface area (Å²) < 4.78 is 11.6. The van der Waals surface area contributed by atoms with Gasteiger partial charge in [-0.05, 0) is 64.3 Å². The van der Waals surface area contributed by atoms with E-state index in [0.717, 1.165) is 11.8 Å². The van der Waals surface area contributed by atoms with Crippen molar-refractivity contribution in [3.8, 4) is 17.6 Å². The topological polar surface area (TPSA) is 150 Å². The minimum Gasteiger partial charge on any atom is -0.492 e. The molecular formula is C34H35ClN6O5. The van der Waals surface area contributed by atoms with Gasteiger partial charge in [0.05, 0.1) is 39.8 Å². The molecule has 0 saturated carbocycles. The standard InChI is InChI=1S/C30H29ClN6O3.C4H6O2/c1-4-39-28-16-25-23(15-26(28)36-29(38)9-7-13-37(2)3)30(20(17-32)18-34-25)35-21-10-11-27(24(31)14-21)40-19-22-8-5-6-12-33-22;1-2-3-4(5)6/h5-12,14-16,18H,4,13,19H2,1-3H3,(H,34,35)(H,36,38);2-3H,1H3,(H,5,6)/b9-7+;3-2+. The highest BCUT2D eigenvalue weighted by atomic mass is 35.5. The quantitative estimate of drug-likeness (QED) is 0.145. The number of nitrogens with one attached hydrogen (secondary N) is 2. The third-order valence-electron chi connectivity index (χ3n) is 6.00. The summed E-state index contributed by atoms with van der Waals surface area (Å²) in [6.07, 6.45) is 9.00. The molecule has 12 heteroatoms. The van der Waals surface area contributed by atoms with Crippen molar-refractivity contribution in [2.24, 2.45) is 0 Å². The summed E-state index contributed by atoms with van der Waals surface area (Å²) in [6, 6.07) is 16.6. The first-order chi connectivity index (χ1) is 22.1. The van der Waals surface area contributed by atoms with Crippen LogP contribution < -0.4 is 20.1 Å². The van der Waals surface area contributed by atoms with Crippen LogP contribution in [0.4, 0.5) is 17.1 Å². The normalized spacial score (nSPS) is 10.8. The Hall–Kier alpha value is -5.44. The molecule has 1 amide bonds. The number of rotatable bonds is 12. The molecule has 2 aromatic heterocycles. The van der Waals surface area contributed by atoms with Crippen LogP contribution in [0.3, 0.4) is 0 Å². The highest BCUT2D eigenvalue weighted by Gasteiger charge is 2.16. The summed E-state index contributed by atoms with van der Waals surface area (Å²) >= 11 is 6.52. The molecular weight excluding hydrogens is 608 g/mol. The lowest BCUT2D eigenvalue weighted by Gasteiger charge is -2.16. The van der Waals surface area contributed by atoms with E-state index in [1.165, 1.54) is 18.3 Å². The Morgan fingerprint density at radius 2 is 1.89 bits per heavy atom. The Kier molecular flexibility index (Phi) is 13.5. The van der Waals surface area contributed by atoms with Gasteiger partial charge in [-0.15, -0.1) is 0 Å². The molecule has 0 fully saturated rings. The van der Waals surface area contributed by atoms with Crippen molar-refractivity contribution in [3.05, 3.63) is 102 Å². The summed E-state index contributed by atoms with van der Waals surface area (Å²) in [4.78, 5) is 32.8. The molecule has 11 nitrogen and oxygen atoms in total. The first-order valence-electron chi connectivity index (χ1n) is 14.2. The van der Waals surface area contributed by atoms with E-state index in [1.54, 1.807) is 49.5 Å². The van der Waals surface area contributed by atoms with Gasteiger partial charge in [0, 0.05) is 48.2 Å². The van der Waals surface area contributed by atoms with E-state index in [9.17, 15) is 14.9 Å². The van der Waals surface area contributed by atoms with E-state index in [4.69, 9.17) is 26.2 Å². The van der Waals surface area contributed by atoms with Gasteiger partial charge < -0.3 is 30.1 Å². The van der Waals surface area contributed by atoms with Gasteiger partial charge in [0.2, 0.25) is 5.91 Å². The predicted octanol–water partition coefficient (Wildman–Crippen LogP) is 6.58. The average molecular weight is 643 g/mol. The molecule has 0 aliphatic rings. The number of carboxylic acids is 1. The van der Waals surface area contributed by atoms with Gasteiger partial charge >= 0.3 is 5.97 Å². The summed E-state index contributed by atoms with van der Waals surface area (Å²) in [5.41, 5.74) is 3.33. The van der Waals surface area contributed by atoms with E-state index >= 15 is 0 Å². The Morgan fingerprint density at radius 1 is 1.09 bits per heavy atom. The van der Waals surface area contributed by atoms with E-state index in [0.29, 0.717) is 63.2 Å². The fraction of sp³-hybridized carbons (Fsp3) is 0.206. The number of likely N-dealkylation sites (N-methyl/N-ethyl adjacent to an activating group) is 1. The van der Waals surface area contributed by atoms with Gasteiger partial charge in [0.1, 0.15) is 24.2 Å². The minimum absolute atomic E-state index is 0.280. The number of nitriles is 1. The fourth-order valence-corrected chi connectivity index (χ4v) is 4.21. The largest absolute Gasteiger partial charge is 0.492 e. The van der Waals surface area contributed by atoms with E-state index < -0.39 is 5.97 Å². The number of fused-ring (bicyclic) bond motifs is 1. The van der Waals surface area contributed by atoms with Crippen LogP contribution >= 0.6 is 11.6 Å². The van der Waals surface area contributed by atoms with Crippen LogP contribution in [0, 0.1) is 11.3 Å². The van der Waals surface area contributed by atoms with Gasteiger partial charge in [-0.3, -0.25) is 14.8 Å². The SMILES string of the molecule is C/C=C/C(=O)O.CCOc1cc2ncc(C#N)c(Nc3ccc(OCc4ccccn4)c(Cl)c3)c2cc1NC(=O)/C=C/CN(C)C. The number of aromatic nitrogens is 2. The number of nitrogens with zero attached hydrogens (tertiary/aromatic N) is 4. The molecule has 3 N–H and O–H groups in total. The minimum atomic E-state index is -0.891. The van der Waals surface area contributed by atoms with Gasteiger partial charge in [-0.2, -0.15) is 5.26 Å². The maximum absolute atomic E-state index is 12.6. The third kappa shape index (κ3) is 10.6. The lowest BCUT2D eigenvalue weighted by molar-refractivity contribution is -0.131. The second-order valence-corrected chi connectivity index (χ2v) is 10.2. The van der Waals surface area contributed by atoms with Crippen molar-refractivity contribution >= 4 is 51.4 Å². The molecule has 0 aliphatic heterocycles. The summed E-state index contributed by atoms with van der Waals surface area (Å²) in [7, 11) is 3.84. The lowest BCUT2D eigenvalue weighted by Crippen LogP contribution is -2.13. The molecule has 0 saturated heterocycles. The molecule has 0 spiro atoms. The number of hydrogen-bond donors (Lipinski definition) is 3. The molecule has 0 unspecified atom stereocenters. The molecule has 0 radical (unpaired) electrons. The number of benzene rings is 2. The molecule has 0 aliphatic carbocycles. The molecule has 46 heavy (non-hydrogen) atoms. The number of pyridine rings is 2. The van der Waals surface area contributed by atoms with E-state index in [1.807, 2.05) is 44.1 Å². The van der Waals surface area contributed by atoms with Crippen LogP contribution in [0.5, 0.6) is 11.5 Å². The van der Waals surface area contributed by atoms with Crippen LogP contribution in [-0.4, -0.2) is 59.1 Å². The maximum Gasteiger partial charge on any atom is 0.327 e. The van der Waals surface area contributed by atoms with Crippen LogP contribution in [0.1, 0.15) is 25.1 Å². The number of anilines is 3. The van der Waals surface area contributed by atoms with Gasteiger partial charge in [0.15, 0.2) is 0 Å². The van der Waals surface area contributed by atoms with Crippen molar-refractivity contribution < 1.29 is 24.2 Å². The van der Waals surface area contributed by atoms with Gasteiger partial charge in [-0.25, -0.2) is 4.79 Å². The second-order valence-electron chi connectivity index (χ2n) is 9.83. The number of carbonyl (C=O) groups is 2. The Balaban J connectivity index is 0.000000875. The van der Waals surface area contributed by atoms with Crippen molar-refractivity contribution in [3.63, 3.8) is 0 Å². The summed E-state index contributed by atoms with van der Waals surface area (Å²) in [5.74, 6) is -0.205. The fourth-order valence-electron chi connectivity index (χ4n) is 3.97. The number of halogens is 1. The van der Waals surface area contributed by atoms with E-state index in [2.05, 4.69) is 26.7 Å². The Bertz CT molecular complexity index is 1750. The van der Waals surface area contributed by atoms with Gasteiger partial charge in [-0.1, -0.05) is 29.8 Å². The molecule has 238 valence electrons. The Labute approximate surface area is 272 Å². The zero-order chi connectivity index (χ0) is 33.5. The predicted molar refractivity (Wildman–Crippen MR) is 180 cm³/mol. The Morgan fingerprint density at radius 3 is 2.50 bits per heavy atom. The zero-order valence-electron chi connectivity index (χ0n) is 26.0. The number of carbonyl (C=O) groups excluding carboxylic acids is 1. The lowest BCUT2D eigenvalue weighted by atomic mass is 10.1. The molecule has 4 aromatic rings. The molecule has 0 bridgehead atoms. The van der Waals surface area contributed by atoms with Crippen molar-refractivity contribution in [1.82, 2.24) is 14.9 Å². The number of aliphatic carboxylic acids is 1. The number of hydrogen-bond acceptors (Lipinski definition) is 9. The molecule has 0 atom stereocenters. The van der Waals surface area contributed by atoms with Crippen molar-refractivity contribution in [2.75, 3.05) is 37.9 Å². The van der Waals surface area contributed by atoms with Crippen LogP contribution in [0.25, 0.3) is 10.9 Å². The van der Waals surface area contributed by atoms with Crippen molar-refractivity contribution in [2.45, 2.75) is 20.5 Å². The maximum atomic E-state index is 12.6. The number of allylic oxidation sites excluding steroid dienone is 1.